The Morgan fingerprint density at radius 2 is 1.93 bits per heavy atom. The molecule has 74 valence electrons. The van der Waals surface area contributed by atoms with E-state index < -0.39 is 0 Å². The van der Waals surface area contributed by atoms with E-state index in [1.807, 2.05) is 18.2 Å². The normalized spacial score (nSPS) is 11.9. The highest BCUT2D eigenvalue weighted by molar-refractivity contribution is 7.22. The van der Waals surface area contributed by atoms with Gasteiger partial charge in [0.15, 0.2) is 5.13 Å². The predicted octanol–water partition coefficient (Wildman–Crippen LogP) is 3.51. The van der Waals surface area contributed by atoms with Crippen LogP contribution in [-0.2, 0) is 0 Å². The van der Waals surface area contributed by atoms with E-state index in [4.69, 9.17) is 0 Å². The van der Waals surface area contributed by atoms with E-state index >= 15 is 0 Å². The number of nitrogens with one attached hydrogen (secondary N) is 1. The van der Waals surface area contributed by atoms with Crippen molar-refractivity contribution in [3.05, 3.63) is 24.3 Å². The molecule has 14 heavy (non-hydrogen) atoms. The van der Waals surface area contributed by atoms with E-state index in [2.05, 4.69) is 37.1 Å². The molecule has 0 aliphatic carbocycles. The minimum atomic E-state index is 0.0773. The number of para-hydroxylation sites is 1. The average molecular weight is 206 g/mol. The zero-order valence-electron chi connectivity index (χ0n) is 8.66. The number of aromatic nitrogens is 1. The Morgan fingerprint density at radius 1 is 1.21 bits per heavy atom. The van der Waals surface area contributed by atoms with Crippen molar-refractivity contribution in [1.29, 1.82) is 0 Å². The van der Waals surface area contributed by atoms with Crippen LogP contribution < -0.4 is 5.32 Å². The molecular weight excluding hydrogens is 192 g/mol. The summed E-state index contributed by atoms with van der Waals surface area (Å²) >= 11 is 1.70. The van der Waals surface area contributed by atoms with Crippen LogP contribution in [0.4, 0.5) is 5.13 Å². The van der Waals surface area contributed by atoms with Crippen molar-refractivity contribution in [2.45, 2.75) is 26.3 Å². The van der Waals surface area contributed by atoms with Crippen LogP contribution in [0.15, 0.2) is 24.3 Å². The third-order valence-corrected chi connectivity index (χ3v) is 2.73. The topological polar surface area (TPSA) is 24.9 Å². The second-order valence-corrected chi connectivity index (χ2v) is 5.39. The second kappa shape index (κ2) is 3.24. The van der Waals surface area contributed by atoms with Crippen molar-refractivity contribution in [2.75, 3.05) is 5.32 Å². The molecule has 0 radical (unpaired) electrons. The molecule has 2 rings (SSSR count). The monoisotopic (exact) mass is 206 g/mol. The highest BCUT2D eigenvalue weighted by Gasteiger charge is 2.12. The van der Waals surface area contributed by atoms with Gasteiger partial charge in [0.2, 0.25) is 0 Å². The first-order valence-corrected chi connectivity index (χ1v) is 5.50. The van der Waals surface area contributed by atoms with Crippen molar-refractivity contribution in [3.8, 4) is 0 Å². The summed E-state index contributed by atoms with van der Waals surface area (Å²) in [5.74, 6) is 0. The standard InChI is InChI=1S/C11H14N2S/c1-11(2,3)13-10-12-8-6-4-5-7-9(8)14-10/h4-7H,1-3H3,(H,12,13). The Bertz CT molecular complexity index is 407. The van der Waals surface area contributed by atoms with Gasteiger partial charge in [0.05, 0.1) is 10.2 Å². The van der Waals surface area contributed by atoms with Gasteiger partial charge in [-0.3, -0.25) is 0 Å². The summed E-state index contributed by atoms with van der Waals surface area (Å²) in [6, 6.07) is 8.20. The molecule has 1 N–H and O–H groups in total. The fourth-order valence-electron chi connectivity index (χ4n) is 1.25. The fourth-order valence-corrected chi connectivity index (χ4v) is 2.32. The zero-order valence-corrected chi connectivity index (χ0v) is 9.48. The first-order chi connectivity index (χ1) is 6.54. The molecule has 3 heteroatoms. The Morgan fingerprint density at radius 3 is 2.57 bits per heavy atom. The van der Waals surface area contributed by atoms with Crippen molar-refractivity contribution in [1.82, 2.24) is 4.98 Å². The molecule has 0 unspecified atom stereocenters. The molecule has 2 nitrogen and oxygen atoms in total. The van der Waals surface area contributed by atoms with E-state index in [9.17, 15) is 0 Å². The van der Waals surface area contributed by atoms with E-state index in [0.29, 0.717) is 0 Å². The van der Waals surface area contributed by atoms with Crippen LogP contribution in [-0.4, -0.2) is 10.5 Å². The number of fused-ring (bicyclic) bond motifs is 1. The van der Waals surface area contributed by atoms with Gasteiger partial charge in [-0.05, 0) is 32.9 Å². The lowest BCUT2D eigenvalue weighted by molar-refractivity contribution is 0.633. The lowest BCUT2D eigenvalue weighted by Gasteiger charge is -2.19. The molecule has 0 aliphatic rings. The molecule has 0 bridgehead atoms. The molecule has 2 aromatic rings. The van der Waals surface area contributed by atoms with Gasteiger partial charge in [0, 0.05) is 5.54 Å². The maximum Gasteiger partial charge on any atom is 0.184 e. The average Bonchev–Trinajstić information content (AvgIpc) is 2.42. The highest BCUT2D eigenvalue weighted by Crippen LogP contribution is 2.27. The summed E-state index contributed by atoms with van der Waals surface area (Å²) in [4.78, 5) is 4.51. The van der Waals surface area contributed by atoms with E-state index in [1.54, 1.807) is 11.3 Å². The maximum absolute atomic E-state index is 4.51. The van der Waals surface area contributed by atoms with Crippen LogP contribution in [0.1, 0.15) is 20.8 Å². The van der Waals surface area contributed by atoms with Gasteiger partial charge in [-0.15, -0.1) is 0 Å². The second-order valence-electron chi connectivity index (χ2n) is 4.36. The van der Waals surface area contributed by atoms with Gasteiger partial charge in [-0.1, -0.05) is 23.5 Å². The Kier molecular flexibility index (Phi) is 2.19. The molecule has 0 fully saturated rings. The van der Waals surface area contributed by atoms with Crippen LogP contribution in [0.5, 0.6) is 0 Å². The largest absolute Gasteiger partial charge is 0.357 e. The molecule has 1 aromatic carbocycles. The number of hydrogen-bond acceptors (Lipinski definition) is 3. The van der Waals surface area contributed by atoms with Crippen LogP contribution in [0.2, 0.25) is 0 Å². The van der Waals surface area contributed by atoms with Crippen molar-refractivity contribution < 1.29 is 0 Å². The minimum Gasteiger partial charge on any atom is -0.357 e. The number of nitrogens with zero attached hydrogens (tertiary/aromatic N) is 1. The van der Waals surface area contributed by atoms with Crippen LogP contribution in [0.3, 0.4) is 0 Å². The number of benzene rings is 1. The molecule has 0 spiro atoms. The van der Waals surface area contributed by atoms with Gasteiger partial charge in [-0.25, -0.2) is 4.98 Å². The molecule has 0 saturated heterocycles. The van der Waals surface area contributed by atoms with Gasteiger partial charge in [0.1, 0.15) is 0 Å². The van der Waals surface area contributed by atoms with Crippen LogP contribution in [0, 0.1) is 0 Å². The molecule has 1 aromatic heterocycles. The van der Waals surface area contributed by atoms with Crippen LogP contribution in [0.25, 0.3) is 10.2 Å². The molecule has 0 saturated carbocycles. The first kappa shape index (κ1) is 9.46. The SMILES string of the molecule is CC(C)(C)Nc1nc2ccccc2s1. The summed E-state index contributed by atoms with van der Waals surface area (Å²) in [7, 11) is 0. The molecule has 0 aliphatic heterocycles. The smallest absolute Gasteiger partial charge is 0.184 e. The summed E-state index contributed by atoms with van der Waals surface area (Å²) in [5.41, 5.74) is 1.15. The van der Waals surface area contributed by atoms with E-state index in [-0.39, 0.29) is 5.54 Å². The number of thiazole rings is 1. The minimum absolute atomic E-state index is 0.0773. The van der Waals surface area contributed by atoms with Crippen molar-refractivity contribution in [2.24, 2.45) is 0 Å². The summed E-state index contributed by atoms with van der Waals surface area (Å²) in [6.07, 6.45) is 0. The maximum atomic E-state index is 4.51. The fraction of sp³-hybridized carbons (Fsp3) is 0.364. The quantitative estimate of drug-likeness (QED) is 0.772. The Balaban J connectivity index is 2.36. The van der Waals surface area contributed by atoms with Crippen molar-refractivity contribution >= 4 is 26.7 Å². The molecule has 0 atom stereocenters. The first-order valence-electron chi connectivity index (χ1n) is 4.68. The van der Waals surface area contributed by atoms with Gasteiger partial charge in [0.25, 0.3) is 0 Å². The summed E-state index contributed by atoms with van der Waals surface area (Å²) in [6.45, 7) is 6.41. The van der Waals surface area contributed by atoms with Gasteiger partial charge >= 0.3 is 0 Å². The lowest BCUT2D eigenvalue weighted by Crippen LogP contribution is -2.25. The Labute approximate surface area is 88.0 Å². The van der Waals surface area contributed by atoms with Crippen LogP contribution >= 0.6 is 11.3 Å². The number of rotatable bonds is 1. The van der Waals surface area contributed by atoms with E-state index in [1.165, 1.54) is 4.70 Å². The zero-order chi connectivity index (χ0) is 10.2. The predicted molar refractivity (Wildman–Crippen MR) is 63.0 cm³/mol. The number of anilines is 1. The molecule has 0 amide bonds. The summed E-state index contributed by atoms with van der Waals surface area (Å²) < 4.78 is 1.24. The number of hydrogen-bond donors (Lipinski definition) is 1. The highest BCUT2D eigenvalue weighted by atomic mass is 32.1. The third kappa shape index (κ3) is 2.04. The van der Waals surface area contributed by atoms with Gasteiger partial charge < -0.3 is 5.32 Å². The van der Waals surface area contributed by atoms with E-state index in [0.717, 1.165) is 10.6 Å². The third-order valence-electron chi connectivity index (χ3n) is 1.78. The molecule has 1 heterocycles. The van der Waals surface area contributed by atoms with Crippen molar-refractivity contribution in [3.63, 3.8) is 0 Å². The molecular formula is C11H14N2S. The van der Waals surface area contributed by atoms with Gasteiger partial charge in [-0.2, -0.15) is 0 Å². The summed E-state index contributed by atoms with van der Waals surface area (Å²) in [5, 5.41) is 4.38. The Hall–Kier alpha value is -1.09. The lowest BCUT2D eigenvalue weighted by atomic mass is 10.1.